The van der Waals surface area contributed by atoms with Crippen LogP contribution in [-0.2, 0) is 11.3 Å². The van der Waals surface area contributed by atoms with Crippen LogP contribution in [0.25, 0.3) is 0 Å². The Labute approximate surface area is 204 Å². The third-order valence-electron chi connectivity index (χ3n) is 4.73. The van der Waals surface area contributed by atoms with Gasteiger partial charge >= 0.3 is 0 Å². The molecule has 1 aromatic carbocycles. The Bertz CT molecular complexity index is 895. The van der Waals surface area contributed by atoms with E-state index in [1.165, 1.54) is 6.20 Å². The number of hydrogen-bond acceptors (Lipinski definition) is 4. The van der Waals surface area contributed by atoms with Crippen molar-refractivity contribution in [3.8, 4) is 0 Å². The summed E-state index contributed by atoms with van der Waals surface area (Å²) in [5, 5.41) is 6.71. The average molecular weight is 557 g/mol. The quantitative estimate of drug-likeness (QED) is 0.246. The molecule has 2 aromatic rings. The summed E-state index contributed by atoms with van der Waals surface area (Å²) >= 11 is 5.92. The Morgan fingerprint density at radius 2 is 1.90 bits per heavy atom. The van der Waals surface area contributed by atoms with Crippen LogP contribution in [0.1, 0.15) is 15.9 Å². The third-order valence-corrected chi connectivity index (χ3v) is 4.99. The van der Waals surface area contributed by atoms with Gasteiger partial charge in [-0.2, -0.15) is 0 Å². The predicted octanol–water partition coefficient (Wildman–Crippen LogP) is 2.00. The number of guanidine groups is 1. The molecule has 10 heteroatoms. The fraction of sp³-hybridized carbons (Fsp3) is 0.333. The Kier molecular flexibility index (Phi) is 9.99. The van der Waals surface area contributed by atoms with Gasteiger partial charge in [0.2, 0.25) is 5.91 Å². The zero-order valence-corrected chi connectivity index (χ0v) is 20.3. The van der Waals surface area contributed by atoms with E-state index in [9.17, 15) is 9.59 Å². The summed E-state index contributed by atoms with van der Waals surface area (Å²) in [7, 11) is 1.68. The summed E-state index contributed by atoms with van der Waals surface area (Å²) in [6, 6.07) is 11.0. The van der Waals surface area contributed by atoms with Crippen LogP contribution in [0.5, 0.6) is 0 Å². The second kappa shape index (κ2) is 12.5. The van der Waals surface area contributed by atoms with Gasteiger partial charge in [0.1, 0.15) is 0 Å². The van der Waals surface area contributed by atoms with E-state index >= 15 is 0 Å². The second-order valence-electron chi connectivity index (χ2n) is 6.83. The third kappa shape index (κ3) is 7.35. The second-order valence-corrected chi connectivity index (χ2v) is 7.27. The van der Waals surface area contributed by atoms with Crippen LogP contribution in [0, 0.1) is 0 Å². The molecule has 1 saturated heterocycles. The minimum atomic E-state index is -0.175. The number of amides is 2. The number of carbonyl (C=O) groups excluding carboxylic acids is 2. The molecule has 31 heavy (non-hydrogen) atoms. The molecule has 1 aliphatic heterocycles. The van der Waals surface area contributed by atoms with Gasteiger partial charge in [0.05, 0.1) is 12.1 Å². The zero-order valence-electron chi connectivity index (χ0n) is 17.3. The van der Waals surface area contributed by atoms with E-state index in [-0.39, 0.29) is 42.3 Å². The normalized spacial score (nSPS) is 14.1. The Morgan fingerprint density at radius 1 is 1.16 bits per heavy atom. The molecule has 1 aliphatic rings. The Morgan fingerprint density at radius 3 is 2.55 bits per heavy atom. The summed E-state index contributed by atoms with van der Waals surface area (Å²) < 4.78 is 0. The van der Waals surface area contributed by atoms with Gasteiger partial charge in [0, 0.05) is 57.2 Å². The molecule has 166 valence electrons. The van der Waals surface area contributed by atoms with E-state index in [4.69, 9.17) is 11.6 Å². The van der Waals surface area contributed by atoms with Crippen molar-refractivity contribution in [2.45, 2.75) is 6.54 Å². The highest BCUT2D eigenvalue weighted by Crippen LogP contribution is 2.13. The van der Waals surface area contributed by atoms with Crippen LogP contribution >= 0.6 is 35.6 Å². The highest BCUT2D eigenvalue weighted by atomic mass is 127. The van der Waals surface area contributed by atoms with Crippen molar-refractivity contribution in [1.82, 2.24) is 25.4 Å². The molecule has 3 rings (SSSR count). The first-order chi connectivity index (χ1) is 14.6. The SMILES string of the molecule is CN=C(NCCNC(=O)c1cccnc1)N1CCN(Cc2ccc(Cl)cc2)C(=O)C1.I. The van der Waals surface area contributed by atoms with Gasteiger partial charge in [-0.3, -0.25) is 19.6 Å². The minimum Gasteiger partial charge on any atom is -0.354 e. The number of aliphatic imine (C=N–C) groups is 1. The van der Waals surface area contributed by atoms with Crippen LogP contribution in [0.3, 0.4) is 0 Å². The van der Waals surface area contributed by atoms with Gasteiger partial charge in [-0.15, -0.1) is 24.0 Å². The molecule has 1 fully saturated rings. The van der Waals surface area contributed by atoms with Crippen molar-refractivity contribution in [3.05, 3.63) is 64.9 Å². The molecule has 1 aromatic heterocycles. The van der Waals surface area contributed by atoms with Crippen LogP contribution in [0.4, 0.5) is 0 Å². The van der Waals surface area contributed by atoms with Gasteiger partial charge in [-0.25, -0.2) is 0 Å². The van der Waals surface area contributed by atoms with Crippen molar-refractivity contribution in [2.24, 2.45) is 4.99 Å². The van der Waals surface area contributed by atoms with Crippen molar-refractivity contribution >= 4 is 53.4 Å². The summed E-state index contributed by atoms with van der Waals surface area (Å²) in [5.41, 5.74) is 1.57. The Hall–Kier alpha value is -2.40. The molecule has 0 unspecified atom stereocenters. The first-order valence-corrected chi connectivity index (χ1v) is 10.1. The lowest BCUT2D eigenvalue weighted by atomic mass is 10.2. The monoisotopic (exact) mass is 556 g/mol. The summed E-state index contributed by atoms with van der Waals surface area (Å²) in [6.45, 7) is 3.04. The van der Waals surface area contributed by atoms with E-state index in [0.29, 0.717) is 49.3 Å². The minimum absolute atomic E-state index is 0. The number of carbonyl (C=O) groups is 2. The lowest BCUT2D eigenvalue weighted by molar-refractivity contribution is -0.135. The van der Waals surface area contributed by atoms with E-state index in [2.05, 4.69) is 20.6 Å². The molecule has 0 saturated carbocycles. The van der Waals surface area contributed by atoms with Crippen LogP contribution in [-0.4, -0.2) is 72.3 Å². The molecule has 0 aliphatic carbocycles. The van der Waals surface area contributed by atoms with Gasteiger partial charge in [-0.05, 0) is 29.8 Å². The maximum absolute atomic E-state index is 12.6. The molecule has 2 heterocycles. The van der Waals surface area contributed by atoms with Crippen LogP contribution in [0.15, 0.2) is 53.8 Å². The lowest BCUT2D eigenvalue weighted by Crippen LogP contribution is -2.55. The first-order valence-electron chi connectivity index (χ1n) is 9.73. The first kappa shape index (κ1) is 24.9. The molecular weight excluding hydrogens is 531 g/mol. The van der Waals surface area contributed by atoms with Crippen molar-refractivity contribution in [3.63, 3.8) is 0 Å². The van der Waals surface area contributed by atoms with E-state index in [1.54, 1.807) is 25.4 Å². The molecule has 8 nitrogen and oxygen atoms in total. The lowest BCUT2D eigenvalue weighted by Gasteiger charge is -2.36. The number of nitrogens with one attached hydrogen (secondary N) is 2. The maximum Gasteiger partial charge on any atom is 0.252 e. The van der Waals surface area contributed by atoms with Crippen molar-refractivity contribution in [1.29, 1.82) is 0 Å². The molecule has 2 N–H and O–H groups in total. The van der Waals surface area contributed by atoms with Gasteiger partial charge in [-0.1, -0.05) is 23.7 Å². The molecule has 0 bridgehead atoms. The largest absolute Gasteiger partial charge is 0.354 e. The number of piperazine rings is 1. The predicted molar refractivity (Wildman–Crippen MR) is 132 cm³/mol. The maximum atomic E-state index is 12.6. The molecule has 0 radical (unpaired) electrons. The summed E-state index contributed by atoms with van der Waals surface area (Å²) in [4.78, 5) is 36.6. The number of rotatable bonds is 6. The Balaban J connectivity index is 0.00000341. The number of nitrogens with zero attached hydrogens (tertiary/aromatic N) is 4. The highest BCUT2D eigenvalue weighted by Gasteiger charge is 2.25. The van der Waals surface area contributed by atoms with E-state index in [1.807, 2.05) is 34.1 Å². The van der Waals surface area contributed by atoms with Gasteiger partial charge in [0.15, 0.2) is 5.96 Å². The molecule has 0 atom stereocenters. The smallest absolute Gasteiger partial charge is 0.252 e. The number of benzene rings is 1. The fourth-order valence-corrected chi connectivity index (χ4v) is 3.27. The number of pyridine rings is 1. The zero-order chi connectivity index (χ0) is 21.3. The summed E-state index contributed by atoms with van der Waals surface area (Å²) in [6.07, 6.45) is 3.15. The topological polar surface area (TPSA) is 89.9 Å². The van der Waals surface area contributed by atoms with E-state index < -0.39 is 0 Å². The molecule has 0 spiro atoms. The van der Waals surface area contributed by atoms with Gasteiger partial charge < -0.3 is 20.4 Å². The fourth-order valence-electron chi connectivity index (χ4n) is 3.15. The van der Waals surface area contributed by atoms with E-state index in [0.717, 1.165) is 5.56 Å². The molecular formula is C21H26ClIN6O2. The van der Waals surface area contributed by atoms with Crippen molar-refractivity contribution < 1.29 is 9.59 Å². The average Bonchev–Trinajstić information content (AvgIpc) is 2.77. The number of hydrogen-bond donors (Lipinski definition) is 2. The van der Waals surface area contributed by atoms with Crippen LogP contribution in [0.2, 0.25) is 5.02 Å². The van der Waals surface area contributed by atoms with Gasteiger partial charge in [0.25, 0.3) is 5.91 Å². The van der Waals surface area contributed by atoms with Crippen molar-refractivity contribution in [2.75, 3.05) is 39.8 Å². The van der Waals surface area contributed by atoms with Crippen LogP contribution < -0.4 is 10.6 Å². The summed E-state index contributed by atoms with van der Waals surface area (Å²) in [5.74, 6) is 0.514. The molecule has 2 amide bonds. The number of halogens is 2. The number of aromatic nitrogens is 1. The standard InChI is InChI=1S/C21H25ClN6O2.HI/c1-23-21(26-10-9-25-20(30)17-3-2-8-24-13-17)28-12-11-27(19(29)15-28)14-16-4-6-18(22)7-5-16;/h2-8,13H,9-12,14-15H2,1H3,(H,23,26)(H,25,30);1H. The highest BCUT2D eigenvalue weighted by molar-refractivity contribution is 14.0.